The number of aromatic nitrogens is 1. The molecule has 2 amide bonds. The maximum Gasteiger partial charge on any atom is 0.254 e. The van der Waals surface area contributed by atoms with E-state index in [1.807, 2.05) is 29.2 Å². The average molecular weight is 564 g/mol. The predicted molar refractivity (Wildman–Crippen MR) is 150 cm³/mol. The minimum absolute atomic E-state index is 0.0326. The number of amides is 2. The van der Waals surface area contributed by atoms with E-state index in [1.54, 1.807) is 19.2 Å². The monoisotopic (exact) mass is 563 g/mol. The van der Waals surface area contributed by atoms with Gasteiger partial charge >= 0.3 is 0 Å². The molecule has 7 nitrogen and oxygen atoms in total. The molecule has 2 fully saturated rings. The van der Waals surface area contributed by atoms with Crippen molar-refractivity contribution in [3.8, 4) is 11.1 Å². The molecule has 2 saturated heterocycles. The highest BCUT2D eigenvalue weighted by Gasteiger charge is 2.33. The highest BCUT2D eigenvalue weighted by molar-refractivity contribution is 6.03. The molecule has 10 heteroatoms. The summed E-state index contributed by atoms with van der Waals surface area (Å²) in [7, 11) is 0. The number of anilines is 2. The summed E-state index contributed by atoms with van der Waals surface area (Å²) in [6.45, 7) is 5.40. The van der Waals surface area contributed by atoms with Crippen molar-refractivity contribution >= 4 is 23.3 Å². The van der Waals surface area contributed by atoms with Crippen LogP contribution in [0.1, 0.15) is 54.6 Å². The van der Waals surface area contributed by atoms with Crippen molar-refractivity contribution in [2.45, 2.75) is 44.7 Å². The first-order valence-corrected chi connectivity index (χ1v) is 14.1. The first-order valence-electron chi connectivity index (χ1n) is 14.1. The van der Waals surface area contributed by atoms with E-state index < -0.39 is 23.5 Å². The van der Waals surface area contributed by atoms with E-state index in [0.717, 1.165) is 50.7 Å². The lowest BCUT2D eigenvalue weighted by Gasteiger charge is -2.34. The fourth-order valence-electron chi connectivity index (χ4n) is 6.26. The van der Waals surface area contributed by atoms with Crippen molar-refractivity contribution in [2.24, 2.45) is 0 Å². The van der Waals surface area contributed by atoms with Gasteiger partial charge in [0.15, 0.2) is 17.5 Å². The molecule has 3 aliphatic rings. The Bertz CT molecular complexity index is 1480. The summed E-state index contributed by atoms with van der Waals surface area (Å²) in [6.07, 6.45) is 6.15. The third-order valence-electron chi connectivity index (χ3n) is 8.45. The van der Waals surface area contributed by atoms with Gasteiger partial charge in [-0.2, -0.15) is 0 Å². The van der Waals surface area contributed by atoms with Gasteiger partial charge in [0.25, 0.3) is 5.91 Å². The van der Waals surface area contributed by atoms with Gasteiger partial charge < -0.3 is 20.0 Å². The van der Waals surface area contributed by atoms with Crippen LogP contribution in [-0.2, 0) is 4.79 Å². The molecule has 0 saturated carbocycles. The fourth-order valence-corrected chi connectivity index (χ4v) is 6.26. The molecule has 2 aromatic carbocycles. The predicted octanol–water partition coefficient (Wildman–Crippen LogP) is 5.39. The van der Waals surface area contributed by atoms with Gasteiger partial charge in [-0.3, -0.25) is 9.59 Å². The maximum atomic E-state index is 14.6. The third-order valence-corrected chi connectivity index (χ3v) is 8.45. The molecule has 2 atom stereocenters. The van der Waals surface area contributed by atoms with Crippen LogP contribution in [0, 0.1) is 17.5 Å². The van der Waals surface area contributed by atoms with Crippen LogP contribution in [0.3, 0.4) is 0 Å². The zero-order valence-corrected chi connectivity index (χ0v) is 22.9. The van der Waals surface area contributed by atoms with E-state index in [4.69, 9.17) is 0 Å². The molecule has 0 aliphatic carbocycles. The van der Waals surface area contributed by atoms with Crippen molar-refractivity contribution in [3.05, 3.63) is 77.2 Å². The standard InChI is InChI=1S/C31H32F3N5O2/c1-19(24-14-26(33)27(34)15-25(24)32)39-28-13-22(16-35-30(28)36-17-29(39)40)20-6-8-21(9-7-20)31(41)38-12-4-5-23(38)18-37-10-2-3-11-37/h6-9,13-16,19,23H,2-5,10-12,17-18H2,1H3,(H,35,36)/t19?,23-/m0/s1. The molecule has 214 valence electrons. The molecule has 41 heavy (non-hydrogen) atoms. The van der Waals surface area contributed by atoms with Crippen LogP contribution in [0.25, 0.3) is 11.1 Å². The van der Waals surface area contributed by atoms with E-state index in [1.165, 1.54) is 17.7 Å². The highest BCUT2D eigenvalue weighted by atomic mass is 19.2. The van der Waals surface area contributed by atoms with E-state index in [0.29, 0.717) is 28.7 Å². The third kappa shape index (κ3) is 5.28. The molecule has 1 aromatic heterocycles. The molecule has 1 unspecified atom stereocenters. The Labute approximate surface area is 237 Å². The fraction of sp³-hybridized carbons (Fsp3) is 0.387. The van der Waals surface area contributed by atoms with E-state index in [-0.39, 0.29) is 30.0 Å². The van der Waals surface area contributed by atoms with Crippen molar-refractivity contribution in [1.29, 1.82) is 0 Å². The van der Waals surface area contributed by atoms with Crippen molar-refractivity contribution < 1.29 is 22.8 Å². The van der Waals surface area contributed by atoms with Crippen LogP contribution in [0.2, 0.25) is 0 Å². The number of hydrogen-bond donors (Lipinski definition) is 1. The molecule has 0 bridgehead atoms. The summed E-state index contributed by atoms with van der Waals surface area (Å²) in [4.78, 5) is 36.6. The summed E-state index contributed by atoms with van der Waals surface area (Å²) < 4.78 is 42.1. The van der Waals surface area contributed by atoms with Crippen molar-refractivity contribution in [1.82, 2.24) is 14.8 Å². The average Bonchev–Trinajstić information content (AvgIpc) is 3.67. The number of pyridine rings is 1. The van der Waals surface area contributed by atoms with Gasteiger partial charge in [0, 0.05) is 48.1 Å². The molecule has 4 heterocycles. The molecule has 6 rings (SSSR count). The van der Waals surface area contributed by atoms with Crippen LogP contribution in [0.4, 0.5) is 24.7 Å². The van der Waals surface area contributed by atoms with Gasteiger partial charge in [-0.15, -0.1) is 0 Å². The lowest BCUT2D eigenvalue weighted by atomic mass is 10.0. The number of fused-ring (bicyclic) bond motifs is 1. The highest BCUT2D eigenvalue weighted by Crippen LogP contribution is 2.38. The minimum atomic E-state index is -1.29. The van der Waals surface area contributed by atoms with Gasteiger partial charge in [-0.25, -0.2) is 18.2 Å². The molecule has 3 aromatic rings. The lowest BCUT2D eigenvalue weighted by Crippen LogP contribution is -2.42. The Hall–Kier alpha value is -3.92. The number of hydrogen-bond acceptors (Lipinski definition) is 5. The number of halogens is 3. The lowest BCUT2D eigenvalue weighted by molar-refractivity contribution is -0.117. The first-order chi connectivity index (χ1) is 19.8. The Kier molecular flexibility index (Phi) is 7.42. The number of nitrogens with zero attached hydrogens (tertiary/aromatic N) is 4. The number of likely N-dealkylation sites (tertiary alicyclic amines) is 2. The summed E-state index contributed by atoms with van der Waals surface area (Å²) in [5.74, 6) is -3.31. The number of nitrogens with one attached hydrogen (secondary N) is 1. The maximum absolute atomic E-state index is 14.6. The minimum Gasteiger partial charge on any atom is -0.359 e. The summed E-state index contributed by atoms with van der Waals surface area (Å²) in [6, 6.07) is 9.67. The molecule has 0 spiro atoms. The summed E-state index contributed by atoms with van der Waals surface area (Å²) in [5, 5.41) is 2.96. The van der Waals surface area contributed by atoms with Crippen LogP contribution in [0.5, 0.6) is 0 Å². The van der Waals surface area contributed by atoms with Crippen LogP contribution < -0.4 is 10.2 Å². The second-order valence-corrected chi connectivity index (χ2v) is 11.1. The molecule has 3 aliphatic heterocycles. The molecule has 1 N–H and O–H groups in total. The summed E-state index contributed by atoms with van der Waals surface area (Å²) in [5.41, 5.74) is 2.36. The topological polar surface area (TPSA) is 68.8 Å². The van der Waals surface area contributed by atoms with Crippen LogP contribution >= 0.6 is 0 Å². The van der Waals surface area contributed by atoms with Gasteiger partial charge in [0.05, 0.1) is 18.3 Å². The van der Waals surface area contributed by atoms with Crippen molar-refractivity contribution in [3.63, 3.8) is 0 Å². The smallest absolute Gasteiger partial charge is 0.254 e. The van der Waals surface area contributed by atoms with Gasteiger partial charge in [0.2, 0.25) is 5.91 Å². The number of benzene rings is 2. The molecule has 0 radical (unpaired) electrons. The molecular formula is C31H32F3N5O2. The van der Waals surface area contributed by atoms with Gasteiger partial charge in [-0.05, 0) is 75.5 Å². The van der Waals surface area contributed by atoms with Crippen LogP contribution in [0.15, 0.2) is 48.7 Å². The van der Waals surface area contributed by atoms with E-state index >= 15 is 0 Å². The van der Waals surface area contributed by atoms with Crippen LogP contribution in [-0.4, -0.2) is 65.4 Å². The van der Waals surface area contributed by atoms with Crippen molar-refractivity contribution in [2.75, 3.05) is 42.9 Å². The normalized spacial score (nSPS) is 19.8. The molecular weight excluding hydrogens is 531 g/mol. The summed E-state index contributed by atoms with van der Waals surface area (Å²) >= 11 is 0. The number of rotatable bonds is 6. The Morgan fingerprint density at radius 2 is 1.71 bits per heavy atom. The SMILES string of the molecule is CC(c1cc(F)c(F)cc1F)N1C(=O)CNc2ncc(-c3ccc(C(=O)N4CCC[C@H]4CN4CCCC4)cc3)cc21. The Morgan fingerprint density at radius 3 is 2.46 bits per heavy atom. The quantitative estimate of drug-likeness (QED) is 0.408. The van der Waals surface area contributed by atoms with Gasteiger partial charge in [0.1, 0.15) is 5.82 Å². The van der Waals surface area contributed by atoms with E-state index in [9.17, 15) is 22.8 Å². The van der Waals surface area contributed by atoms with E-state index in [2.05, 4.69) is 15.2 Å². The Balaban J connectivity index is 1.24. The largest absolute Gasteiger partial charge is 0.359 e. The number of carbonyl (C=O) groups is 2. The number of carbonyl (C=O) groups excluding carboxylic acids is 2. The zero-order valence-electron chi connectivity index (χ0n) is 22.9. The van der Waals surface area contributed by atoms with Gasteiger partial charge in [-0.1, -0.05) is 12.1 Å². The Morgan fingerprint density at radius 1 is 0.976 bits per heavy atom. The second-order valence-electron chi connectivity index (χ2n) is 11.1. The first kappa shape index (κ1) is 27.3. The second kappa shape index (κ2) is 11.2. The zero-order chi connectivity index (χ0) is 28.7.